The molecule has 1 atom stereocenters. The Labute approximate surface area is 122 Å². The number of fused-ring (bicyclic) bond motifs is 1. The third-order valence-corrected chi connectivity index (χ3v) is 3.85. The Balaban J connectivity index is 2.09. The maximum absolute atomic E-state index is 6.06. The minimum atomic E-state index is -0.000464. The summed E-state index contributed by atoms with van der Waals surface area (Å²) in [4.78, 5) is 15.1. The molecule has 7 heteroatoms. The van der Waals surface area contributed by atoms with Crippen LogP contribution >= 0.6 is 11.6 Å². The molecule has 2 aromatic rings. The van der Waals surface area contributed by atoms with Crippen molar-refractivity contribution in [3.05, 3.63) is 11.6 Å². The van der Waals surface area contributed by atoms with Crippen LogP contribution in [0.3, 0.4) is 0 Å². The van der Waals surface area contributed by atoms with E-state index in [-0.39, 0.29) is 11.5 Å². The van der Waals surface area contributed by atoms with Gasteiger partial charge in [0.1, 0.15) is 6.23 Å². The summed E-state index contributed by atoms with van der Waals surface area (Å²) >= 11 is 6.06. The lowest BCUT2D eigenvalue weighted by atomic mass is 10.2. The quantitative estimate of drug-likeness (QED) is 0.815. The molecule has 0 aromatic carbocycles. The van der Waals surface area contributed by atoms with Crippen LogP contribution in [0.4, 0.5) is 5.82 Å². The van der Waals surface area contributed by atoms with Gasteiger partial charge in [0.2, 0.25) is 5.28 Å². The van der Waals surface area contributed by atoms with E-state index in [0.29, 0.717) is 0 Å². The standard InChI is InChI=1S/C13H18ClN5O/c1-3-18(2)11-10-12(17-13(14)16-11)19(8-15-10)9-6-4-5-7-20-9/h8-9H,3-7H2,1-2H3. The van der Waals surface area contributed by atoms with Crippen molar-refractivity contribution in [3.63, 3.8) is 0 Å². The number of hydrogen-bond acceptors (Lipinski definition) is 5. The molecule has 6 nitrogen and oxygen atoms in total. The normalized spacial score (nSPS) is 19.4. The predicted octanol–water partition coefficient (Wildman–Crippen LogP) is 2.63. The largest absolute Gasteiger partial charge is 0.358 e. The third-order valence-electron chi connectivity index (χ3n) is 3.68. The minimum absolute atomic E-state index is 0.000464. The maximum Gasteiger partial charge on any atom is 0.226 e. The lowest BCUT2D eigenvalue weighted by Crippen LogP contribution is -2.19. The highest BCUT2D eigenvalue weighted by Crippen LogP contribution is 2.29. The van der Waals surface area contributed by atoms with Crippen LogP contribution in [-0.4, -0.2) is 39.7 Å². The zero-order chi connectivity index (χ0) is 14.1. The summed E-state index contributed by atoms with van der Waals surface area (Å²) in [5.41, 5.74) is 1.51. The van der Waals surface area contributed by atoms with Crippen molar-refractivity contribution >= 4 is 28.6 Å². The highest BCUT2D eigenvalue weighted by atomic mass is 35.5. The Bertz CT molecular complexity index is 608. The van der Waals surface area contributed by atoms with Crippen molar-refractivity contribution in [2.24, 2.45) is 0 Å². The van der Waals surface area contributed by atoms with Gasteiger partial charge < -0.3 is 9.64 Å². The molecule has 0 spiro atoms. The molecule has 0 radical (unpaired) electrons. The molecule has 3 heterocycles. The fraction of sp³-hybridized carbons (Fsp3) is 0.615. The van der Waals surface area contributed by atoms with E-state index in [2.05, 4.69) is 21.9 Å². The Kier molecular flexibility index (Phi) is 3.76. The van der Waals surface area contributed by atoms with E-state index in [9.17, 15) is 0 Å². The first-order chi connectivity index (χ1) is 9.70. The van der Waals surface area contributed by atoms with Crippen LogP contribution < -0.4 is 4.90 Å². The average Bonchev–Trinajstić information content (AvgIpc) is 2.90. The molecule has 0 N–H and O–H groups in total. The SMILES string of the molecule is CCN(C)c1nc(Cl)nc2c1ncn2C1CCCCO1. The van der Waals surface area contributed by atoms with Crippen molar-refractivity contribution in [3.8, 4) is 0 Å². The monoisotopic (exact) mass is 295 g/mol. The summed E-state index contributed by atoms with van der Waals surface area (Å²) in [6, 6.07) is 0. The molecule has 20 heavy (non-hydrogen) atoms. The number of nitrogens with zero attached hydrogens (tertiary/aromatic N) is 5. The van der Waals surface area contributed by atoms with E-state index in [1.165, 1.54) is 0 Å². The molecule has 1 unspecified atom stereocenters. The summed E-state index contributed by atoms with van der Waals surface area (Å²) in [5.74, 6) is 0.761. The van der Waals surface area contributed by atoms with Gasteiger partial charge in [0.15, 0.2) is 17.0 Å². The Hall–Kier alpha value is -1.40. The molecule has 0 aliphatic carbocycles. The third kappa shape index (κ3) is 2.33. The number of anilines is 1. The molecular formula is C13H18ClN5O. The second kappa shape index (κ2) is 5.54. The Morgan fingerprint density at radius 2 is 2.30 bits per heavy atom. The molecule has 3 rings (SSSR count). The molecule has 2 aromatic heterocycles. The van der Waals surface area contributed by atoms with Gasteiger partial charge in [-0.3, -0.25) is 4.57 Å². The zero-order valence-electron chi connectivity index (χ0n) is 11.7. The van der Waals surface area contributed by atoms with Gasteiger partial charge in [0.25, 0.3) is 0 Å². The number of halogens is 1. The number of rotatable bonds is 3. The van der Waals surface area contributed by atoms with Crippen LogP contribution in [0.5, 0.6) is 0 Å². The first-order valence-electron chi connectivity index (χ1n) is 6.93. The smallest absolute Gasteiger partial charge is 0.226 e. The van der Waals surface area contributed by atoms with Gasteiger partial charge in [-0.25, -0.2) is 4.98 Å². The summed E-state index contributed by atoms with van der Waals surface area (Å²) < 4.78 is 7.77. The highest BCUT2D eigenvalue weighted by Gasteiger charge is 2.21. The minimum Gasteiger partial charge on any atom is -0.358 e. The van der Waals surface area contributed by atoms with Gasteiger partial charge in [-0.2, -0.15) is 9.97 Å². The van der Waals surface area contributed by atoms with E-state index < -0.39 is 0 Å². The van der Waals surface area contributed by atoms with Crippen molar-refractivity contribution in [1.29, 1.82) is 0 Å². The Morgan fingerprint density at radius 3 is 3.00 bits per heavy atom. The zero-order valence-corrected chi connectivity index (χ0v) is 12.5. The first-order valence-corrected chi connectivity index (χ1v) is 7.31. The van der Waals surface area contributed by atoms with Crippen molar-refractivity contribution in [2.45, 2.75) is 32.4 Å². The predicted molar refractivity (Wildman–Crippen MR) is 78.1 cm³/mol. The highest BCUT2D eigenvalue weighted by molar-refractivity contribution is 6.28. The molecule has 1 aliphatic heterocycles. The first kappa shape index (κ1) is 13.6. The molecule has 1 aliphatic rings. The van der Waals surface area contributed by atoms with Crippen molar-refractivity contribution in [1.82, 2.24) is 19.5 Å². The molecule has 1 saturated heterocycles. The van der Waals surface area contributed by atoms with E-state index >= 15 is 0 Å². The van der Waals surface area contributed by atoms with Crippen molar-refractivity contribution < 1.29 is 4.74 Å². The Morgan fingerprint density at radius 1 is 1.45 bits per heavy atom. The molecule has 1 fully saturated rings. The van der Waals surface area contributed by atoms with Crippen LogP contribution in [0.25, 0.3) is 11.2 Å². The van der Waals surface area contributed by atoms with E-state index in [0.717, 1.165) is 49.4 Å². The maximum atomic E-state index is 6.06. The summed E-state index contributed by atoms with van der Waals surface area (Å²) in [6.07, 6.45) is 5.03. The fourth-order valence-corrected chi connectivity index (χ4v) is 2.61. The van der Waals surface area contributed by atoms with Gasteiger partial charge in [-0.05, 0) is 37.8 Å². The van der Waals surface area contributed by atoms with Gasteiger partial charge in [-0.15, -0.1) is 0 Å². The van der Waals surface area contributed by atoms with Crippen LogP contribution in [0, 0.1) is 0 Å². The average molecular weight is 296 g/mol. The van der Waals surface area contributed by atoms with Crippen LogP contribution in [0.2, 0.25) is 5.28 Å². The van der Waals surface area contributed by atoms with Crippen molar-refractivity contribution in [2.75, 3.05) is 25.1 Å². The van der Waals surface area contributed by atoms with Gasteiger partial charge in [-0.1, -0.05) is 0 Å². The molecular weight excluding hydrogens is 278 g/mol. The second-order valence-electron chi connectivity index (χ2n) is 4.98. The lowest BCUT2D eigenvalue weighted by molar-refractivity contribution is -0.0298. The topological polar surface area (TPSA) is 56.1 Å². The number of ether oxygens (including phenoxy) is 1. The van der Waals surface area contributed by atoms with Gasteiger partial charge in [0, 0.05) is 20.2 Å². The van der Waals surface area contributed by atoms with E-state index in [1.807, 2.05) is 16.5 Å². The second-order valence-corrected chi connectivity index (χ2v) is 5.31. The fourth-order valence-electron chi connectivity index (χ4n) is 2.45. The van der Waals surface area contributed by atoms with Crippen LogP contribution in [0.15, 0.2) is 6.33 Å². The summed E-state index contributed by atoms with van der Waals surface area (Å²) in [7, 11) is 1.97. The van der Waals surface area contributed by atoms with Gasteiger partial charge >= 0.3 is 0 Å². The molecule has 108 valence electrons. The number of imidazole rings is 1. The van der Waals surface area contributed by atoms with Crippen LogP contribution in [0.1, 0.15) is 32.4 Å². The van der Waals surface area contributed by atoms with Gasteiger partial charge in [0.05, 0.1) is 6.33 Å². The number of aromatic nitrogens is 4. The van der Waals surface area contributed by atoms with Crippen LogP contribution in [-0.2, 0) is 4.74 Å². The lowest BCUT2D eigenvalue weighted by Gasteiger charge is -2.24. The molecule has 0 bridgehead atoms. The van der Waals surface area contributed by atoms with E-state index in [1.54, 1.807) is 6.33 Å². The molecule has 0 amide bonds. The summed E-state index contributed by atoms with van der Waals surface area (Å²) in [6.45, 7) is 3.67. The van der Waals surface area contributed by atoms with E-state index in [4.69, 9.17) is 16.3 Å². The number of hydrogen-bond donors (Lipinski definition) is 0. The summed E-state index contributed by atoms with van der Waals surface area (Å²) in [5, 5.41) is 0.241. The molecule has 0 saturated carbocycles.